The summed E-state index contributed by atoms with van der Waals surface area (Å²) in [6, 6.07) is 1.99. The molecule has 1 atom stereocenters. The Morgan fingerprint density at radius 2 is 2.43 bits per heavy atom. The van der Waals surface area contributed by atoms with E-state index in [1.807, 2.05) is 18.5 Å². The van der Waals surface area contributed by atoms with Gasteiger partial charge in [-0.25, -0.2) is 0 Å². The number of nitrogens with zero attached hydrogens (tertiary/aromatic N) is 1. The fourth-order valence-corrected chi connectivity index (χ4v) is 1.92. The van der Waals surface area contributed by atoms with E-state index >= 15 is 0 Å². The Bertz CT molecular complexity index is 336. The van der Waals surface area contributed by atoms with Crippen LogP contribution in [0, 0.1) is 0 Å². The summed E-state index contributed by atoms with van der Waals surface area (Å²) in [6.07, 6.45) is 9.84. The Kier molecular flexibility index (Phi) is 2.73. The number of rotatable bonds is 3. The first-order chi connectivity index (χ1) is 6.75. The first kappa shape index (κ1) is 9.53. The highest BCUT2D eigenvalue weighted by Gasteiger charge is 2.06. The van der Waals surface area contributed by atoms with E-state index in [0.717, 1.165) is 12.1 Å². The second-order valence-electron chi connectivity index (χ2n) is 4.05. The van der Waals surface area contributed by atoms with E-state index in [1.54, 1.807) is 6.92 Å². The van der Waals surface area contributed by atoms with Crippen LogP contribution in [-0.2, 0) is 6.54 Å². The van der Waals surface area contributed by atoms with E-state index in [2.05, 4.69) is 10.6 Å². The summed E-state index contributed by atoms with van der Waals surface area (Å²) in [5, 5.41) is 9.37. The van der Waals surface area contributed by atoms with E-state index in [4.69, 9.17) is 0 Å². The monoisotopic (exact) mass is 191 g/mol. The first-order valence-electron chi connectivity index (χ1n) is 5.27. The average Bonchev–Trinajstić information content (AvgIpc) is 2.75. The highest BCUT2D eigenvalue weighted by atomic mass is 16.3. The Labute approximate surface area is 84.9 Å². The molecule has 0 amide bonds. The van der Waals surface area contributed by atoms with E-state index < -0.39 is 0 Å². The zero-order valence-electron chi connectivity index (χ0n) is 8.61. The minimum absolute atomic E-state index is 0.353. The maximum atomic E-state index is 9.37. The fourth-order valence-electron chi connectivity index (χ4n) is 1.92. The van der Waals surface area contributed by atoms with Crippen molar-refractivity contribution in [2.24, 2.45) is 0 Å². The molecule has 2 rings (SSSR count). The first-order valence-corrected chi connectivity index (χ1v) is 5.27. The van der Waals surface area contributed by atoms with Gasteiger partial charge in [-0.05, 0) is 37.8 Å². The summed E-state index contributed by atoms with van der Waals surface area (Å²) < 4.78 is 2.15. The van der Waals surface area contributed by atoms with Gasteiger partial charge >= 0.3 is 0 Å². The lowest BCUT2D eigenvalue weighted by atomic mass is 10.2. The SMILES string of the molecule is CC(O)c1ccn(CC2=CCCC2)c1. The third kappa shape index (κ3) is 2.07. The van der Waals surface area contributed by atoms with Gasteiger partial charge in [0.1, 0.15) is 0 Å². The van der Waals surface area contributed by atoms with E-state index in [9.17, 15) is 5.11 Å². The molecule has 14 heavy (non-hydrogen) atoms. The van der Waals surface area contributed by atoms with Crippen molar-refractivity contribution < 1.29 is 5.11 Å². The van der Waals surface area contributed by atoms with Crippen molar-refractivity contribution in [3.63, 3.8) is 0 Å². The Morgan fingerprint density at radius 3 is 3.00 bits per heavy atom. The van der Waals surface area contributed by atoms with E-state index in [0.29, 0.717) is 0 Å². The van der Waals surface area contributed by atoms with Crippen LogP contribution < -0.4 is 0 Å². The van der Waals surface area contributed by atoms with Crippen molar-refractivity contribution >= 4 is 0 Å². The average molecular weight is 191 g/mol. The Balaban J connectivity index is 2.02. The molecule has 0 aliphatic heterocycles. The predicted octanol–water partition coefficient (Wildman–Crippen LogP) is 2.65. The molecule has 0 bridgehead atoms. The van der Waals surface area contributed by atoms with Crippen LogP contribution in [0.1, 0.15) is 37.9 Å². The summed E-state index contributed by atoms with van der Waals surface area (Å²) in [7, 11) is 0. The van der Waals surface area contributed by atoms with Gasteiger partial charge in [0.15, 0.2) is 0 Å². The van der Waals surface area contributed by atoms with Crippen LogP contribution in [0.25, 0.3) is 0 Å². The van der Waals surface area contributed by atoms with Crippen molar-refractivity contribution in [3.05, 3.63) is 35.7 Å². The third-order valence-corrected chi connectivity index (χ3v) is 2.78. The minimum atomic E-state index is -0.353. The van der Waals surface area contributed by atoms with Crippen LogP contribution in [0.3, 0.4) is 0 Å². The predicted molar refractivity (Wildman–Crippen MR) is 57.0 cm³/mol. The number of allylic oxidation sites excluding steroid dienone is 2. The molecule has 76 valence electrons. The summed E-state index contributed by atoms with van der Waals surface area (Å²) in [4.78, 5) is 0. The second-order valence-corrected chi connectivity index (χ2v) is 4.05. The largest absolute Gasteiger partial charge is 0.389 e. The lowest BCUT2D eigenvalue weighted by molar-refractivity contribution is 0.199. The van der Waals surface area contributed by atoms with Crippen LogP contribution in [-0.4, -0.2) is 9.67 Å². The lowest BCUT2D eigenvalue weighted by Gasteiger charge is -2.03. The van der Waals surface area contributed by atoms with Crippen LogP contribution >= 0.6 is 0 Å². The molecule has 0 spiro atoms. The number of aliphatic hydroxyl groups excluding tert-OH is 1. The van der Waals surface area contributed by atoms with Crippen molar-refractivity contribution in [1.29, 1.82) is 0 Å². The molecular weight excluding hydrogens is 174 g/mol. The molecule has 0 radical (unpaired) electrons. The lowest BCUT2D eigenvalue weighted by Crippen LogP contribution is -1.96. The van der Waals surface area contributed by atoms with Gasteiger partial charge in [-0.15, -0.1) is 0 Å². The van der Waals surface area contributed by atoms with Gasteiger partial charge in [-0.3, -0.25) is 0 Å². The van der Waals surface area contributed by atoms with Crippen LogP contribution in [0.15, 0.2) is 30.1 Å². The maximum absolute atomic E-state index is 9.37. The van der Waals surface area contributed by atoms with Gasteiger partial charge in [0.05, 0.1) is 6.10 Å². The van der Waals surface area contributed by atoms with Crippen LogP contribution in [0.2, 0.25) is 0 Å². The van der Waals surface area contributed by atoms with Crippen LogP contribution in [0.5, 0.6) is 0 Å². The zero-order chi connectivity index (χ0) is 9.97. The number of hydrogen-bond acceptors (Lipinski definition) is 1. The molecule has 0 saturated carbocycles. The van der Waals surface area contributed by atoms with Gasteiger partial charge in [0, 0.05) is 18.9 Å². The zero-order valence-corrected chi connectivity index (χ0v) is 8.61. The summed E-state index contributed by atoms with van der Waals surface area (Å²) in [5.74, 6) is 0. The molecule has 1 aromatic heterocycles. The highest BCUT2D eigenvalue weighted by Crippen LogP contribution is 2.20. The third-order valence-electron chi connectivity index (χ3n) is 2.78. The molecule has 0 fully saturated rings. The molecule has 2 heteroatoms. The molecular formula is C12H17NO. The van der Waals surface area contributed by atoms with E-state index in [1.165, 1.54) is 24.8 Å². The van der Waals surface area contributed by atoms with Crippen molar-refractivity contribution in [2.75, 3.05) is 0 Å². The summed E-state index contributed by atoms with van der Waals surface area (Å²) in [5.41, 5.74) is 2.53. The number of aliphatic hydroxyl groups is 1. The van der Waals surface area contributed by atoms with Crippen molar-refractivity contribution in [2.45, 2.75) is 38.8 Å². The van der Waals surface area contributed by atoms with Gasteiger partial charge in [-0.2, -0.15) is 0 Å². The number of hydrogen-bond donors (Lipinski definition) is 1. The summed E-state index contributed by atoms with van der Waals surface area (Å²) in [6.45, 7) is 2.79. The highest BCUT2D eigenvalue weighted by molar-refractivity contribution is 5.15. The minimum Gasteiger partial charge on any atom is -0.389 e. The Morgan fingerprint density at radius 1 is 1.57 bits per heavy atom. The topological polar surface area (TPSA) is 25.2 Å². The molecule has 2 nitrogen and oxygen atoms in total. The second kappa shape index (κ2) is 4.01. The smallest absolute Gasteiger partial charge is 0.0776 e. The van der Waals surface area contributed by atoms with Gasteiger partial charge in [0.25, 0.3) is 0 Å². The van der Waals surface area contributed by atoms with Gasteiger partial charge < -0.3 is 9.67 Å². The van der Waals surface area contributed by atoms with Gasteiger partial charge in [-0.1, -0.05) is 11.6 Å². The normalized spacial score (nSPS) is 18.3. The molecule has 1 aliphatic carbocycles. The Hall–Kier alpha value is -1.02. The molecule has 1 heterocycles. The van der Waals surface area contributed by atoms with Crippen molar-refractivity contribution in [1.82, 2.24) is 4.57 Å². The standard InChI is InChI=1S/C12H17NO/c1-10(14)12-6-7-13(9-12)8-11-4-2-3-5-11/h4,6-7,9-10,14H,2-3,5,8H2,1H3. The maximum Gasteiger partial charge on any atom is 0.0776 e. The molecule has 1 aromatic rings. The molecule has 0 saturated heterocycles. The number of aromatic nitrogens is 1. The van der Waals surface area contributed by atoms with E-state index in [-0.39, 0.29) is 6.10 Å². The van der Waals surface area contributed by atoms with Gasteiger partial charge in [0.2, 0.25) is 0 Å². The van der Waals surface area contributed by atoms with Crippen molar-refractivity contribution in [3.8, 4) is 0 Å². The quantitative estimate of drug-likeness (QED) is 0.730. The molecule has 0 aromatic carbocycles. The molecule has 1 N–H and O–H groups in total. The fraction of sp³-hybridized carbons (Fsp3) is 0.500. The summed E-state index contributed by atoms with van der Waals surface area (Å²) >= 11 is 0. The molecule has 1 aliphatic rings. The van der Waals surface area contributed by atoms with Crippen LogP contribution in [0.4, 0.5) is 0 Å². The molecule has 1 unspecified atom stereocenters.